The molecule has 0 radical (unpaired) electrons. The van der Waals surface area contributed by atoms with Crippen molar-refractivity contribution in [3.8, 4) is 11.5 Å². The second kappa shape index (κ2) is 9.56. The van der Waals surface area contributed by atoms with Gasteiger partial charge in [0.25, 0.3) is 0 Å². The zero-order valence-electron chi connectivity index (χ0n) is 15.1. The van der Waals surface area contributed by atoms with E-state index in [-0.39, 0.29) is 0 Å². The lowest BCUT2D eigenvalue weighted by atomic mass is 10.1. The van der Waals surface area contributed by atoms with Crippen LogP contribution in [0.2, 0.25) is 0 Å². The summed E-state index contributed by atoms with van der Waals surface area (Å²) in [5.41, 5.74) is 2.36. The number of nitrogens with one attached hydrogen (secondary N) is 3. The summed E-state index contributed by atoms with van der Waals surface area (Å²) in [6.45, 7) is 2.91. The molecule has 0 unspecified atom stereocenters. The SMILES string of the molecule is CN=C(NCCCNc1ccccc1)NCCc1ccc2c(c1)OCO2. The molecule has 6 heteroatoms. The first kappa shape index (κ1) is 17.9. The molecule has 0 bridgehead atoms. The average Bonchev–Trinajstić information content (AvgIpc) is 3.15. The Morgan fingerprint density at radius 3 is 2.62 bits per heavy atom. The number of hydrogen-bond donors (Lipinski definition) is 3. The minimum Gasteiger partial charge on any atom is -0.454 e. The molecule has 0 aliphatic carbocycles. The van der Waals surface area contributed by atoms with Crippen molar-refractivity contribution >= 4 is 11.6 Å². The minimum atomic E-state index is 0.312. The van der Waals surface area contributed by atoms with E-state index in [1.54, 1.807) is 7.05 Å². The Bertz CT molecular complexity index is 719. The third-order valence-corrected chi connectivity index (χ3v) is 4.12. The Morgan fingerprint density at radius 1 is 0.962 bits per heavy atom. The van der Waals surface area contributed by atoms with Crippen LogP contribution in [0.3, 0.4) is 0 Å². The van der Waals surface area contributed by atoms with Crippen LogP contribution in [0.15, 0.2) is 53.5 Å². The molecule has 0 spiro atoms. The molecule has 6 nitrogen and oxygen atoms in total. The van der Waals surface area contributed by atoms with Crippen molar-refractivity contribution in [3.63, 3.8) is 0 Å². The maximum Gasteiger partial charge on any atom is 0.231 e. The minimum absolute atomic E-state index is 0.312. The lowest BCUT2D eigenvalue weighted by Crippen LogP contribution is -2.39. The number of fused-ring (bicyclic) bond motifs is 1. The van der Waals surface area contributed by atoms with Gasteiger partial charge in [0.15, 0.2) is 17.5 Å². The molecule has 0 aromatic heterocycles. The summed E-state index contributed by atoms with van der Waals surface area (Å²) in [7, 11) is 1.79. The summed E-state index contributed by atoms with van der Waals surface area (Å²) in [4.78, 5) is 4.26. The van der Waals surface area contributed by atoms with E-state index in [0.717, 1.165) is 55.6 Å². The molecule has 3 rings (SSSR count). The number of benzene rings is 2. The van der Waals surface area contributed by atoms with Crippen LogP contribution in [0.25, 0.3) is 0 Å². The van der Waals surface area contributed by atoms with Crippen molar-refractivity contribution in [3.05, 3.63) is 54.1 Å². The van der Waals surface area contributed by atoms with E-state index in [1.165, 1.54) is 5.56 Å². The standard InChI is InChI=1S/C20H26N4O2/c1-21-20(23-12-5-11-22-17-6-3-2-4-7-17)24-13-10-16-8-9-18-19(14-16)26-15-25-18/h2-4,6-9,14,22H,5,10-13,15H2,1H3,(H2,21,23,24). The predicted molar refractivity (Wildman–Crippen MR) is 105 cm³/mol. The van der Waals surface area contributed by atoms with Crippen molar-refractivity contribution in [1.82, 2.24) is 10.6 Å². The van der Waals surface area contributed by atoms with Gasteiger partial charge in [-0.15, -0.1) is 0 Å². The van der Waals surface area contributed by atoms with Crippen molar-refractivity contribution < 1.29 is 9.47 Å². The van der Waals surface area contributed by atoms with Crippen molar-refractivity contribution in [1.29, 1.82) is 0 Å². The molecule has 1 heterocycles. The van der Waals surface area contributed by atoms with E-state index in [0.29, 0.717) is 6.79 Å². The third kappa shape index (κ3) is 5.31. The van der Waals surface area contributed by atoms with E-state index in [9.17, 15) is 0 Å². The van der Waals surface area contributed by atoms with Gasteiger partial charge in [0, 0.05) is 32.4 Å². The smallest absolute Gasteiger partial charge is 0.231 e. The highest BCUT2D eigenvalue weighted by Gasteiger charge is 2.12. The van der Waals surface area contributed by atoms with Gasteiger partial charge in [0.2, 0.25) is 6.79 Å². The van der Waals surface area contributed by atoms with Crippen molar-refractivity contribution in [2.24, 2.45) is 4.99 Å². The second-order valence-electron chi connectivity index (χ2n) is 6.01. The molecule has 26 heavy (non-hydrogen) atoms. The van der Waals surface area contributed by atoms with Crippen molar-refractivity contribution in [2.45, 2.75) is 12.8 Å². The lowest BCUT2D eigenvalue weighted by Gasteiger charge is -2.12. The molecular formula is C20H26N4O2. The maximum absolute atomic E-state index is 5.41. The fourth-order valence-electron chi connectivity index (χ4n) is 2.73. The van der Waals surface area contributed by atoms with Crippen LogP contribution in [0.4, 0.5) is 5.69 Å². The highest BCUT2D eigenvalue weighted by molar-refractivity contribution is 5.79. The summed E-state index contributed by atoms with van der Waals surface area (Å²) in [5.74, 6) is 2.48. The number of anilines is 1. The lowest BCUT2D eigenvalue weighted by molar-refractivity contribution is 0.174. The topological polar surface area (TPSA) is 66.9 Å². The molecule has 0 saturated carbocycles. The first-order chi connectivity index (χ1) is 12.8. The number of para-hydroxylation sites is 1. The van der Waals surface area contributed by atoms with Crippen molar-refractivity contribution in [2.75, 3.05) is 38.8 Å². The highest BCUT2D eigenvalue weighted by atomic mass is 16.7. The average molecular weight is 354 g/mol. The van der Waals surface area contributed by atoms with E-state index in [1.807, 2.05) is 30.3 Å². The van der Waals surface area contributed by atoms with E-state index >= 15 is 0 Å². The Balaban J connectivity index is 1.31. The summed E-state index contributed by atoms with van der Waals surface area (Å²) >= 11 is 0. The predicted octanol–water partition coefficient (Wildman–Crippen LogP) is 2.62. The van der Waals surface area contributed by atoms with Crippen LogP contribution < -0.4 is 25.4 Å². The quantitative estimate of drug-likeness (QED) is 0.386. The van der Waals surface area contributed by atoms with Crippen LogP contribution >= 0.6 is 0 Å². The number of ether oxygens (including phenoxy) is 2. The maximum atomic E-state index is 5.41. The number of aliphatic imine (C=N–C) groups is 1. The Morgan fingerprint density at radius 2 is 1.77 bits per heavy atom. The highest BCUT2D eigenvalue weighted by Crippen LogP contribution is 2.32. The van der Waals surface area contributed by atoms with Crippen LogP contribution in [0.5, 0.6) is 11.5 Å². The normalized spacial score (nSPS) is 12.7. The monoisotopic (exact) mass is 354 g/mol. The summed E-state index contributed by atoms with van der Waals surface area (Å²) in [5, 5.41) is 10.1. The van der Waals surface area contributed by atoms with Gasteiger partial charge in [-0.05, 0) is 42.7 Å². The van der Waals surface area contributed by atoms with Gasteiger partial charge in [-0.25, -0.2) is 0 Å². The first-order valence-corrected chi connectivity index (χ1v) is 8.97. The number of nitrogens with zero attached hydrogens (tertiary/aromatic N) is 1. The molecule has 0 amide bonds. The Labute approximate surface area is 154 Å². The van der Waals surface area contributed by atoms with E-state index in [2.05, 4.69) is 39.1 Å². The van der Waals surface area contributed by atoms with Gasteiger partial charge in [0.05, 0.1) is 0 Å². The molecule has 0 fully saturated rings. The van der Waals surface area contributed by atoms with Gasteiger partial charge in [-0.2, -0.15) is 0 Å². The van der Waals surface area contributed by atoms with Crippen LogP contribution in [-0.2, 0) is 6.42 Å². The molecule has 2 aromatic rings. The molecular weight excluding hydrogens is 328 g/mol. The largest absolute Gasteiger partial charge is 0.454 e. The van der Waals surface area contributed by atoms with Crippen LogP contribution in [0, 0.1) is 0 Å². The fraction of sp³-hybridized carbons (Fsp3) is 0.350. The Hall–Kier alpha value is -2.89. The summed E-state index contributed by atoms with van der Waals surface area (Å²) < 4.78 is 10.7. The molecule has 2 aromatic carbocycles. The van der Waals surface area contributed by atoms with E-state index < -0.39 is 0 Å². The Kier molecular flexibility index (Phi) is 6.59. The summed E-state index contributed by atoms with van der Waals surface area (Å²) in [6, 6.07) is 16.3. The van der Waals surface area contributed by atoms with Gasteiger partial charge in [0.1, 0.15) is 0 Å². The molecule has 1 aliphatic heterocycles. The molecule has 3 N–H and O–H groups in total. The summed E-state index contributed by atoms with van der Waals surface area (Å²) in [6.07, 6.45) is 1.91. The zero-order chi connectivity index (χ0) is 18.0. The number of rotatable bonds is 8. The van der Waals surface area contributed by atoms with Gasteiger partial charge >= 0.3 is 0 Å². The third-order valence-electron chi connectivity index (χ3n) is 4.12. The van der Waals surface area contributed by atoms with E-state index in [4.69, 9.17) is 9.47 Å². The first-order valence-electron chi connectivity index (χ1n) is 8.97. The fourth-order valence-corrected chi connectivity index (χ4v) is 2.73. The number of guanidine groups is 1. The van der Waals surface area contributed by atoms with Gasteiger partial charge in [-0.3, -0.25) is 4.99 Å². The number of hydrogen-bond acceptors (Lipinski definition) is 4. The van der Waals surface area contributed by atoms with Crippen LogP contribution in [-0.4, -0.2) is 39.4 Å². The van der Waals surface area contributed by atoms with Crippen LogP contribution in [0.1, 0.15) is 12.0 Å². The molecule has 0 saturated heterocycles. The molecule has 1 aliphatic rings. The van der Waals surface area contributed by atoms with Gasteiger partial charge < -0.3 is 25.4 Å². The zero-order valence-corrected chi connectivity index (χ0v) is 15.1. The molecule has 138 valence electrons. The second-order valence-corrected chi connectivity index (χ2v) is 6.01. The molecule has 0 atom stereocenters. The van der Waals surface area contributed by atoms with Gasteiger partial charge in [-0.1, -0.05) is 24.3 Å².